The fourth-order valence-corrected chi connectivity index (χ4v) is 3.10. The molecule has 2 aromatic heterocycles. The molecule has 3 aromatic rings. The van der Waals surface area contributed by atoms with Gasteiger partial charge in [-0.3, -0.25) is 14.6 Å². The molecule has 4 rings (SSSR count). The fraction of sp³-hybridized carbons (Fsp3) is 0.278. The zero-order valence-electron chi connectivity index (χ0n) is 13.8. The van der Waals surface area contributed by atoms with Gasteiger partial charge in [0, 0.05) is 49.7 Å². The molecule has 1 aliphatic rings. The summed E-state index contributed by atoms with van der Waals surface area (Å²) in [6.45, 7) is 2.79. The number of fused-ring (bicyclic) bond motifs is 1. The first-order valence-electron chi connectivity index (χ1n) is 8.40. The van der Waals surface area contributed by atoms with Crippen molar-refractivity contribution in [3.05, 3.63) is 70.8 Å². The zero-order valence-corrected chi connectivity index (χ0v) is 13.8. The van der Waals surface area contributed by atoms with Gasteiger partial charge in [0.25, 0.3) is 5.91 Å². The Kier molecular flexibility index (Phi) is 4.30. The molecular formula is C18H20N6O. The monoisotopic (exact) mass is 336 g/mol. The molecule has 0 saturated carbocycles. The molecule has 3 heterocycles. The van der Waals surface area contributed by atoms with Crippen molar-refractivity contribution >= 4 is 5.91 Å². The summed E-state index contributed by atoms with van der Waals surface area (Å²) in [5.41, 5.74) is 4.74. The normalized spacial score (nSPS) is 13.4. The Hall–Kier alpha value is -2.93. The minimum absolute atomic E-state index is 0.140. The first kappa shape index (κ1) is 15.6. The molecule has 1 amide bonds. The van der Waals surface area contributed by atoms with Crippen LogP contribution in [0.15, 0.2) is 42.7 Å². The average molecular weight is 336 g/mol. The summed E-state index contributed by atoms with van der Waals surface area (Å²) in [6, 6.07) is 10.1. The lowest BCUT2D eigenvalue weighted by Gasteiger charge is -2.13. The fourth-order valence-electron chi connectivity index (χ4n) is 3.10. The SMILES string of the molecule is O=C(NCc1cccc(Cn2cccn2)c1)c1n[nH]c2c1CNCC2. The number of carbonyl (C=O) groups is 1. The molecule has 0 saturated heterocycles. The summed E-state index contributed by atoms with van der Waals surface area (Å²) in [5, 5.41) is 17.6. The van der Waals surface area contributed by atoms with Gasteiger partial charge in [-0.05, 0) is 17.2 Å². The van der Waals surface area contributed by atoms with Crippen molar-refractivity contribution in [2.45, 2.75) is 26.1 Å². The number of nitrogens with zero attached hydrogens (tertiary/aromatic N) is 3. The summed E-state index contributed by atoms with van der Waals surface area (Å²) < 4.78 is 1.88. The van der Waals surface area contributed by atoms with E-state index >= 15 is 0 Å². The molecule has 7 nitrogen and oxygen atoms in total. The Balaban J connectivity index is 1.41. The van der Waals surface area contributed by atoms with Gasteiger partial charge in [0.05, 0.1) is 6.54 Å². The van der Waals surface area contributed by atoms with E-state index in [9.17, 15) is 4.79 Å². The standard InChI is InChI=1S/C18H20N6O/c25-18(17-15-11-19-7-5-16(15)22-23-17)20-10-13-3-1-4-14(9-13)12-24-8-2-6-21-24/h1-4,6,8-9,19H,5,7,10-12H2,(H,20,25)(H,22,23). The van der Waals surface area contributed by atoms with Crippen molar-refractivity contribution < 1.29 is 4.79 Å². The molecular weight excluding hydrogens is 316 g/mol. The van der Waals surface area contributed by atoms with Crippen LogP contribution in [-0.2, 0) is 26.1 Å². The van der Waals surface area contributed by atoms with Crippen molar-refractivity contribution in [3.8, 4) is 0 Å². The molecule has 0 atom stereocenters. The van der Waals surface area contributed by atoms with Crippen molar-refractivity contribution in [1.29, 1.82) is 0 Å². The van der Waals surface area contributed by atoms with E-state index in [-0.39, 0.29) is 5.91 Å². The van der Waals surface area contributed by atoms with Crippen LogP contribution in [0.2, 0.25) is 0 Å². The summed E-state index contributed by atoms with van der Waals surface area (Å²) in [4.78, 5) is 12.5. The number of hydrogen-bond donors (Lipinski definition) is 3. The van der Waals surface area contributed by atoms with Crippen LogP contribution < -0.4 is 10.6 Å². The van der Waals surface area contributed by atoms with Gasteiger partial charge in [0.2, 0.25) is 0 Å². The van der Waals surface area contributed by atoms with Gasteiger partial charge in [-0.15, -0.1) is 0 Å². The molecule has 0 aliphatic carbocycles. The van der Waals surface area contributed by atoms with Gasteiger partial charge in [-0.25, -0.2) is 0 Å². The van der Waals surface area contributed by atoms with Crippen LogP contribution in [0.25, 0.3) is 0 Å². The van der Waals surface area contributed by atoms with E-state index in [4.69, 9.17) is 0 Å². The molecule has 7 heteroatoms. The number of benzene rings is 1. The lowest BCUT2D eigenvalue weighted by atomic mass is 10.1. The quantitative estimate of drug-likeness (QED) is 0.654. The van der Waals surface area contributed by atoms with E-state index < -0.39 is 0 Å². The van der Waals surface area contributed by atoms with Gasteiger partial charge >= 0.3 is 0 Å². The Morgan fingerprint density at radius 3 is 3.08 bits per heavy atom. The van der Waals surface area contributed by atoms with Gasteiger partial charge in [0.1, 0.15) is 0 Å². The minimum atomic E-state index is -0.140. The maximum Gasteiger partial charge on any atom is 0.272 e. The van der Waals surface area contributed by atoms with Crippen LogP contribution in [0.4, 0.5) is 0 Å². The first-order valence-corrected chi connectivity index (χ1v) is 8.40. The molecule has 1 aliphatic heterocycles. The van der Waals surface area contributed by atoms with Crippen molar-refractivity contribution in [2.75, 3.05) is 6.54 Å². The summed E-state index contributed by atoms with van der Waals surface area (Å²) in [6.07, 6.45) is 4.58. The van der Waals surface area contributed by atoms with E-state index in [0.717, 1.165) is 35.3 Å². The second kappa shape index (κ2) is 6.90. The Morgan fingerprint density at radius 2 is 2.20 bits per heavy atom. The van der Waals surface area contributed by atoms with Crippen LogP contribution >= 0.6 is 0 Å². The van der Waals surface area contributed by atoms with E-state index in [0.29, 0.717) is 25.3 Å². The van der Waals surface area contributed by atoms with Crippen molar-refractivity contribution in [1.82, 2.24) is 30.6 Å². The third-order valence-corrected chi connectivity index (χ3v) is 4.37. The topological polar surface area (TPSA) is 87.6 Å². The number of amides is 1. The molecule has 0 fully saturated rings. The predicted octanol–water partition coefficient (Wildman–Crippen LogP) is 1.23. The highest BCUT2D eigenvalue weighted by molar-refractivity contribution is 5.94. The summed E-state index contributed by atoms with van der Waals surface area (Å²) >= 11 is 0. The van der Waals surface area contributed by atoms with E-state index in [1.165, 1.54) is 0 Å². The number of carbonyl (C=O) groups excluding carboxylic acids is 1. The van der Waals surface area contributed by atoms with Crippen LogP contribution in [-0.4, -0.2) is 32.4 Å². The van der Waals surface area contributed by atoms with Gasteiger partial charge in [0.15, 0.2) is 5.69 Å². The van der Waals surface area contributed by atoms with Crippen LogP contribution in [0, 0.1) is 0 Å². The largest absolute Gasteiger partial charge is 0.347 e. The third kappa shape index (κ3) is 3.46. The van der Waals surface area contributed by atoms with E-state index in [2.05, 4.69) is 38.1 Å². The minimum Gasteiger partial charge on any atom is -0.347 e. The first-order chi connectivity index (χ1) is 12.3. The summed E-state index contributed by atoms with van der Waals surface area (Å²) in [7, 11) is 0. The van der Waals surface area contributed by atoms with Crippen LogP contribution in [0.5, 0.6) is 0 Å². The third-order valence-electron chi connectivity index (χ3n) is 4.37. The van der Waals surface area contributed by atoms with Gasteiger partial charge < -0.3 is 10.6 Å². The molecule has 0 spiro atoms. The maximum absolute atomic E-state index is 12.5. The lowest BCUT2D eigenvalue weighted by molar-refractivity contribution is 0.0944. The predicted molar refractivity (Wildman–Crippen MR) is 92.9 cm³/mol. The number of aromatic amines is 1. The zero-order chi connectivity index (χ0) is 17.1. The van der Waals surface area contributed by atoms with Gasteiger partial charge in [-0.2, -0.15) is 10.2 Å². The van der Waals surface area contributed by atoms with Crippen molar-refractivity contribution in [2.24, 2.45) is 0 Å². The molecule has 25 heavy (non-hydrogen) atoms. The number of nitrogens with one attached hydrogen (secondary N) is 3. The molecule has 1 aromatic carbocycles. The number of aromatic nitrogens is 4. The lowest BCUT2D eigenvalue weighted by Crippen LogP contribution is -2.28. The van der Waals surface area contributed by atoms with E-state index in [1.54, 1.807) is 6.20 Å². The number of rotatable bonds is 5. The summed E-state index contributed by atoms with van der Waals surface area (Å²) in [5.74, 6) is -0.140. The molecule has 128 valence electrons. The second-order valence-corrected chi connectivity index (χ2v) is 6.16. The van der Waals surface area contributed by atoms with Crippen molar-refractivity contribution in [3.63, 3.8) is 0 Å². The highest BCUT2D eigenvalue weighted by atomic mass is 16.1. The maximum atomic E-state index is 12.5. The molecule has 0 unspecified atom stereocenters. The Labute approximate surface area is 145 Å². The molecule has 0 radical (unpaired) electrons. The van der Waals surface area contributed by atoms with Crippen LogP contribution in [0.1, 0.15) is 32.9 Å². The second-order valence-electron chi connectivity index (χ2n) is 6.16. The Morgan fingerprint density at radius 1 is 1.28 bits per heavy atom. The Bertz CT molecular complexity index is 868. The molecule has 3 N–H and O–H groups in total. The van der Waals surface area contributed by atoms with Gasteiger partial charge in [-0.1, -0.05) is 24.3 Å². The smallest absolute Gasteiger partial charge is 0.272 e. The van der Waals surface area contributed by atoms with E-state index in [1.807, 2.05) is 29.1 Å². The average Bonchev–Trinajstić information content (AvgIpc) is 3.29. The highest BCUT2D eigenvalue weighted by Crippen LogP contribution is 2.15. The van der Waals surface area contributed by atoms with Crippen LogP contribution in [0.3, 0.4) is 0 Å². The highest BCUT2D eigenvalue weighted by Gasteiger charge is 2.21. The molecule has 0 bridgehead atoms. The number of hydrogen-bond acceptors (Lipinski definition) is 4. The number of H-pyrrole nitrogens is 1.